The number of hydrogen-bond donors (Lipinski definition) is 3. The third-order valence-corrected chi connectivity index (χ3v) is 8.29. The Balaban J connectivity index is 1.76. The van der Waals surface area contributed by atoms with Gasteiger partial charge in [0.15, 0.2) is 0 Å². The molecule has 0 radical (unpaired) electrons. The van der Waals surface area contributed by atoms with Crippen LogP contribution in [0.2, 0.25) is 0 Å². The van der Waals surface area contributed by atoms with E-state index >= 15 is 0 Å². The quantitative estimate of drug-likeness (QED) is 0.465. The van der Waals surface area contributed by atoms with Crippen LogP contribution < -0.4 is 15.5 Å². The van der Waals surface area contributed by atoms with Gasteiger partial charge >= 0.3 is 0 Å². The Kier molecular flexibility index (Phi) is 8.13. The maximum absolute atomic E-state index is 12.6. The van der Waals surface area contributed by atoms with Crippen molar-refractivity contribution in [2.45, 2.75) is 77.5 Å². The van der Waals surface area contributed by atoms with Gasteiger partial charge in [0.1, 0.15) is 0 Å². The molecule has 33 heavy (non-hydrogen) atoms. The van der Waals surface area contributed by atoms with Gasteiger partial charge in [0.2, 0.25) is 5.91 Å². The molecule has 2 aliphatic carbocycles. The lowest BCUT2D eigenvalue weighted by atomic mass is 9.57. The van der Waals surface area contributed by atoms with Crippen LogP contribution in [0.3, 0.4) is 0 Å². The highest BCUT2D eigenvalue weighted by atomic mass is 16.5. The van der Waals surface area contributed by atoms with Crippen molar-refractivity contribution in [2.75, 3.05) is 39.3 Å². The van der Waals surface area contributed by atoms with Crippen molar-refractivity contribution >= 4 is 11.6 Å². The maximum Gasteiger partial charge on any atom is 0.220 e. The summed E-state index contributed by atoms with van der Waals surface area (Å²) in [6, 6.07) is 9.05. The van der Waals surface area contributed by atoms with Gasteiger partial charge in [0.05, 0.1) is 12.2 Å². The van der Waals surface area contributed by atoms with Crippen molar-refractivity contribution < 1.29 is 14.6 Å². The van der Waals surface area contributed by atoms with Crippen LogP contribution in [0.25, 0.3) is 0 Å². The minimum Gasteiger partial charge on any atom is -0.390 e. The fourth-order valence-corrected chi connectivity index (χ4v) is 6.39. The number of methoxy groups -OCH3 is 1. The average Bonchev–Trinajstić information content (AvgIpc) is 2.97. The summed E-state index contributed by atoms with van der Waals surface area (Å²) in [5.74, 6) is 0.481. The second kappa shape index (κ2) is 10.3. The molecule has 1 aromatic carbocycles. The highest BCUT2D eigenvalue weighted by molar-refractivity contribution is 5.75. The van der Waals surface area contributed by atoms with E-state index in [-0.39, 0.29) is 16.7 Å². The lowest BCUT2D eigenvalue weighted by Crippen LogP contribution is -2.51. The summed E-state index contributed by atoms with van der Waals surface area (Å²) in [7, 11) is 5.76. The van der Waals surface area contributed by atoms with Crippen LogP contribution >= 0.6 is 0 Å². The number of aliphatic hydroxyl groups is 1. The van der Waals surface area contributed by atoms with Gasteiger partial charge in [0, 0.05) is 52.4 Å². The van der Waals surface area contributed by atoms with Crippen LogP contribution in [0.15, 0.2) is 24.3 Å². The smallest absolute Gasteiger partial charge is 0.220 e. The SMILES string of the molecule is COCCNC(=O)CC[C@@]12CC[C@@](C)(O)C[C@H]1C(C)(C)C[C@@H]2NCc1ccc(N(C)C)cc1. The summed E-state index contributed by atoms with van der Waals surface area (Å²) < 4.78 is 5.06. The lowest BCUT2D eigenvalue weighted by molar-refractivity contribution is -0.123. The minimum absolute atomic E-state index is 0.0217. The minimum atomic E-state index is -0.622. The first-order valence-electron chi connectivity index (χ1n) is 12.5. The Morgan fingerprint density at radius 2 is 1.85 bits per heavy atom. The molecule has 4 atom stereocenters. The van der Waals surface area contributed by atoms with Crippen LogP contribution in [0, 0.1) is 16.7 Å². The van der Waals surface area contributed by atoms with E-state index in [1.807, 2.05) is 6.92 Å². The first-order valence-corrected chi connectivity index (χ1v) is 12.5. The molecular formula is C27H45N3O3. The van der Waals surface area contributed by atoms with Crippen LogP contribution in [0.1, 0.15) is 64.9 Å². The standard InChI is InChI=1S/C27H45N3O3/c1-25(2)18-23(29-19-20-7-9-21(10-8-20)30(4)5)27(12-11-24(31)28-15-16-33-6)14-13-26(3,32)17-22(25)27/h7-10,22-23,29,32H,11-19H2,1-6H3,(H,28,31)/t22-,23-,26+,27+/m0/s1. The van der Waals surface area contributed by atoms with Crippen molar-refractivity contribution in [3.63, 3.8) is 0 Å². The van der Waals surface area contributed by atoms with Gasteiger partial charge in [-0.15, -0.1) is 0 Å². The summed E-state index contributed by atoms with van der Waals surface area (Å²) in [5.41, 5.74) is 1.99. The predicted molar refractivity (Wildman–Crippen MR) is 134 cm³/mol. The summed E-state index contributed by atoms with van der Waals surface area (Å²) in [5, 5.41) is 17.8. The molecule has 3 rings (SSSR count). The molecular weight excluding hydrogens is 414 g/mol. The molecule has 0 aromatic heterocycles. The van der Waals surface area contributed by atoms with Crippen molar-refractivity contribution in [1.82, 2.24) is 10.6 Å². The summed E-state index contributed by atoms with van der Waals surface area (Å²) in [4.78, 5) is 14.7. The molecule has 0 aliphatic heterocycles. The number of nitrogens with one attached hydrogen (secondary N) is 2. The molecule has 1 aromatic rings. The fourth-order valence-electron chi connectivity index (χ4n) is 6.39. The van der Waals surface area contributed by atoms with E-state index in [9.17, 15) is 9.90 Å². The zero-order valence-corrected chi connectivity index (χ0v) is 21.5. The molecule has 6 heteroatoms. The maximum atomic E-state index is 12.6. The van der Waals surface area contributed by atoms with Crippen molar-refractivity contribution in [3.8, 4) is 0 Å². The number of nitrogens with zero attached hydrogens (tertiary/aromatic N) is 1. The third-order valence-electron chi connectivity index (χ3n) is 8.29. The Morgan fingerprint density at radius 1 is 1.15 bits per heavy atom. The van der Waals surface area contributed by atoms with Gasteiger partial charge in [-0.1, -0.05) is 26.0 Å². The number of carbonyl (C=O) groups is 1. The number of fused-ring (bicyclic) bond motifs is 1. The van der Waals surface area contributed by atoms with E-state index in [0.717, 1.165) is 38.6 Å². The van der Waals surface area contributed by atoms with Crippen LogP contribution in [-0.2, 0) is 16.1 Å². The van der Waals surface area contributed by atoms with E-state index in [1.165, 1.54) is 11.3 Å². The van der Waals surface area contributed by atoms with Gasteiger partial charge in [-0.3, -0.25) is 4.79 Å². The zero-order chi connectivity index (χ0) is 24.3. The average molecular weight is 460 g/mol. The van der Waals surface area contributed by atoms with Gasteiger partial charge in [-0.05, 0) is 73.5 Å². The van der Waals surface area contributed by atoms with Crippen LogP contribution in [0.5, 0.6) is 0 Å². The molecule has 0 heterocycles. The number of amides is 1. The highest BCUT2D eigenvalue weighted by Gasteiger charge is 2.61. The van der Waals surface area contributed by atoms with E-state index in [0.29, 0.717) is 31.5 Å². The summed E-state index contributed by atoms with van der Waals surface area (Å²) in [6.07, 6.45) is 4.99. The van der Waals surface area contributed by atoms with Gasteiger partial charge < -0.3 is 25.4 Å². The molecule has 0 saturated heterocycles. The van der Waals surface area contributed by atoms with Gasteiger partial charge in [-0.25, -0.2) is 0 Å². The Hall–Kier alpha value is -1.63. The van der Waals surface area contributed by atoms with Crippen LogP contribution in [0.4, 0.5) is 5.69 Å². The molecule has 186 valence electrons. The van der Waals surface area contributed by atoms with Crippen molar-refractivity contribution in [1.29, 1.82) is 0 Å². The van der Waals surface area contributed by atoms with E-state index in [4.69, 9.17) is 4.74 Å². The number of hydrogen-bond acceptors (Lipinski definition) is 5. The van der Waals surface area contributed by atoms with E-state index < -0.39 is 5.60 Å². The fraction of sp³-hybridized carbons (Fsp3) is 0.741. The second-order valence-corrected chi connectivity index (χ2v) is 11.5. The Bertz CT molecular complexity index is 790. The molecule has 2 aliphatic rings. The first-order chi connectivity index (χ1) is 15.5. The monoisotopic (exact) mass is 459 g/mol. The number of anilines is 1. The molecule has 0 spiro atoms. The number of carbonyl (C=O) groups excluding carboxylic acids is 1. The predicted octanol–water partition coefficient (Wildman–Crippen LogP) is 3.72. The Labute approximate surface area is 200 Å². The zero-order valence-electron chi connectivity index (χ0n) is 21.5. The molecule has 3 N–H and O–H groups in total. The van der Waals surface area contributed by atoms with E-state index in [1.54, 1.807) is 7.11 Å². The van der Waals surface area contributed by atoms with E-state index in [2.05, 4.69) is 67.7 Å². The lowest BCUT2D eigenvalue weighted by Gasteiger charge is -2.51. The number of ether oxygens (including phenoxy) is 1. The third kappa shape index (κ3) is 6.09. The second-order valence-electron chi connectivity index (χ2n) is 11.5. The summed E-state index contributed by atoms with van der Waals surface area (Å²) in [6.45, 7) is 8.58. The topological polar surface area (TPSA) is 73.8 Å². The van der Waals surface area contributed by atoms with Crippen molar-refractivity contribution in [3.05, 3.63) is 29.8 Å². The summed E-state index contributed by atoms with van der Waals surface area (Å²) >= 11 is 0. The highest BCUT2D eigenvalue weighted by Crippen LogP contribution is 2.63. The molecule has 1 amide bonds. The number of benzene rings is 1. The molecule has 6 nitrogen and oxygen atoms in total. The number of rotatable bonds is 10. The van der Waals surface area contributed by atoms with Gasteiger partial charge in [0.25, 0.3) is 0 Å². The normalized spacial score (nSPS) is 30.6. The first kappa shape index (κ1) is 26.0. The van der Waals surface area contributed by atoms with Crippen LogP contribution in [-0.4, -0.2) is 57.0 Å². The Morgan fingerprint density at radius 3 is 2.48 bits per heavy atom. The van der Waals surface area contributed by atoms with Crippen molar-refractivity contribution in [2.24, 2.45) is 16.7 Å². The molecule has 2 saturated carbocycles. The molecule has 2 fully saturated rings. The molecule has 0 bridgehead atoms. The molecule has 0 unspecified atom stereocenters. The van der Waals surface area contributed by atoms with Gasteiger partial charge in [-0.2, -0.15) is 0 Å². The largest absolute Gasteiger partial charge is 0.390 e.